The average Bonchev–Trinajstić information content (AvgIpc) is 3.18. The third-order valence-electron chi connectivity index (χ3n) is 5.08. The first-order valence-electron chi connectivity index (χ1n) is 10.9. The minimum absolute atomic E-state index is 0.00129. The second-order valence-electron chi connectivity index (χ2n) is 7.36. The summed E-state index contributed by atoms with van der Waals surface area (Å²) in [6, 6.07) is 8.86. The highest BCUT2D eigenvalue weighted by Crippen LogP contribution is 2.34. The predicted molar refractivity (Wildman–Crippen MR) is 122 cm³/mol. The second kappa shape index (κ2) is 11.6. The van der Waals surface area contributed by atoms with E-state index in [1.807, 2.05) is 66.7 Å². The maximum atomic E-state index is 12.9. The topological polar surface area (TPSA) is 81.0 Å². The smallest absolute Gasteiger partial charge is 0.258 e. The summed E-state index contributed by atoms with van der Waals surface area (Å²) in [7, 11) is 0. The summed E-state index contributed by atoms with van der Waals surface area (Å²) in [6.45, 7) is 14.9. The van der Waals surface area contributed by atoms with E-state index in [9.17, 15) is 20.1 Å². The van der Waals surface area contributed by atoms with E-state index >= 15 is 0 Å². The lowest BCUT2D eigenvalue weighted by molar-refractivity contribution is 0.0748. The van der Waals surface area contributed by atoms with Crippen LogP contribution in [0.25, 0.3) is 0 Å². The Bertz CT molecular complexity index is 845. The summed E-state index contributed by atoms with van der Waals surface area (Å²) in [5.41, 5.74) is 4.05. The van der Waals surface area contributed by atoms with Crippen molar-refractivity contribution in [2.24, 2.45) is 0 Å². The molecule has 0 fully saturated rings. The van der Waals surface area contributed by atoms with Crippen LogP contribution < -0.4 is 0 Å². The number of hydrogen-bond donors (Lipinski definition) is 3. The van der Waals surface area contributed by atoms with Gasteiger partial charge in [-0.15, -0.1) is 0 Å². The van der Waals surface area contributed by atoms with Crippen LogP contribution >= 0.6 is 0 Å². The molecule has 2 aromatic rings. The van der Waals surface area contributed by atoms with E-state index in [2.05, 4.69) is 0 Å². The van der Waals surface area contributed by atoms with Gasteiger partial charge in [-0.05, 0) is 34.2 Å². The number of nitrogens with zero attached hydrogens (tertiary/aromatic N) is 1. The van der Waals surface area contributed by atoms with Crippen LogP contribution in [-0.2, 0) is 13.1 Å². The quantitative estimate of drug-likeness (QED) is 0.614. The van der Waals surface area contributed by atoms with E-state index in [1.54, 1.807) is 11.0 Å². The Balaban J connectivity index is 0.00000106. The fraction of sp³-hybridized carbons (Fsp3) is 0.480. The van der Waals surface area contributed by atoms with Crippen molar-refractivity contribution in [2.45, 2.75) is 73.4 Å². The van der Waals surface area contributed by atoms with Gasteiger partial charge in [0.05, 0.1) is 5.56 Å². The van der Waals surface area contributed by atoms with E-state index in [1.165, 1.54) is 6.07 Å². The molecular formula is C25H37NO4. The minimum Gasteiger partial charge on any atom is -0.508 e. The van der Waals surface area contributed by atoms with Crippen molar-refractivity contribution in [3.63, 3.8) is 0 Å². The number of phenols is 2. The molecule has 1 aliphatic rings. The lowest BCUT2D eigenvalue weighted by Crippen LogP contribution is -2.25. The SMILES string of the molecule is CC.CC.CC(C)c1cc(C(=O)N2Cc3ccc(C(C)CO)cc3C2)c(O)cc1O. The molecule has 0 saturated heterocycles. The minimum atomic E-state index is -0.252. The van der Waals surface area contributed by atoms with Gasteiger partial charge < -0.3 is 20.2 Å². The van der Waals surface area contributed by atoms with Crippen molar-refractivity contribution in [3.8, 4) is 11.5 Å². The number of aliphatic hydroxyl groups is 1. The van der Waals surface area contributed by atoms with Crippen molar-refractivity contribution in [1.29, 1.82) is 0 Å². The van der Waals surface area contributed by atoms with Gasteiger partial charge in [0.15, 0.2) is 0 Å². The number of hydrogen-bond acceptors (Lipinski definition) is 4. The fourth-order valence-electron chi connectivity index (χ4n) is 3.37. The maximum absolute atomic E-state index is 12.9. The van der Waals surface area contributed by atoms with Crippen molar-refractivity contribution in [3.05, 3.63) is 58.1 Å². The van der Waals surface area contributed by atoms with Crippen molar-refractivity contribution in [1.82, 2.24) is 4.90 Å². The third kappa shape index (κ3) is 5.54. The maximum Gasteiger partial charge on any atom is 0.258 e. The molecule has 0 radical (unpaired) electrons. The lowest BCUT2D eigenvalue weighted by atomic mass is 9.98. The number of phenolic OH excluding ortho intramolecular Hbond substituents is 2. The Morgan fingerprint density at radius 1 is 0.933 bits per heavy atom. The van der Waals surface area contributed by atoms with Crippen LogP contribution in [0, 0.1) is 0 Å². The number of benzene rings is 2. The normalized spacial score (nSPS) is 13.0. The highest BCUT2D eigenvalue weighted by atomic mass is 16.3. The van der Waals surface area contributed by atoms with Crippen LogP contribution in [0.5, 0.6) is 11.5 Å². The van der Waals surface area contributed by atoms with Crippen LogP contribution in [0.3, 0.4) is 0 Å². The molecule has 1 unspecified atom stereocenters. The van der Waals surface area contributed by atoms with E-state index in [4.69, 9.17) is 0 Å². The van der Waals surface area contributed by atoms with Crippen molar-refractivity contribution >= 4 is 5.91 Å². The molecule has 1 heterocycles. The number of rotatable bonds is 4. The summed E-state index contributed by atoms with van der Waals surface area (Å²) in [4.78, 5) is 14.6. The lowest BCUT2D eigenvalue weighted by Gasteiger charge is -2.18. The molecule has 1 amide bonds. The molecule has 1 aliphatic heterocycles. The van der Waals surface area contributed by atoms with Gasteiger partial charge in [0.1, 0.15) is 11.5 Å². The van der Waals surface area contributed by atoms with E-state index in [0.717, 1.165) is 16.7 Å². The molecular weight excluding hydrogens is 378 g/mol. The fourth-order valence-corrected chi connectivity index (χ4v) is 3.37. The molecule has 5 nitrogen and oxygen atoms in total. The summed E-state index contributed by atoms with van der Waals surface area (Å²) >= 11 is 0. The number of amides is 1. The molecule has 0 bridgehead atoms. The Morgan fingerprint density at radius 2 is 1.53 bits per heavy atom. The van der Waals surface area contributed by atoms with E-state index in [-0.39, 0.29) is 41.4 Å². The third-order valence-corrected chi connectivity index (χ3v) is 5.08. The first-order chi connectivity index (χ1) is 14.3. The zero-order chi connectivity index (χ0) is 23.0. The van der Waals surface area contributed by atoms with Gasteiger partial charge in [0.2, 0.25) is 0 Å². The number of carbonyl (C=O) groups is 1. The molecule has 166 valence electrons. The first-order valence-corrected chi connectivity index (χ1v) is 10.9. The van der Waals surface area contributed by atoms with Gasteiger partial charge >= 0.3 is 0 Å². The van der Waals surface area contributed by atoms with Crippen molar-refractivity contribution in [2.75, 3.05) is 6.61 Å². The van der Waals surface area contributed by atoms with Gasteiger partial charge in [-0.2, -0.15) is 0 Å². The largest absolute Gasteiger partial charge is 0.508 e. The summed E-state index contributed by atoms with van der Waals surface area (Å²) in [5.74, 6) is -0.360. The first kappa shape index (κ1) is 25.5. The zero-order valence-electron chi connectivity index (χ0n) is 19.4. The molecule has 0 saturated carbocycles. The highest BCUT2D eigenvalue weighted by molar-refractivity contribution is 5.97. The van der Waals surface area contributed by atoms with Gasteiger partial charge in [0, 0.05) is 31.7 Å². The molecule has 1 atom stereocenters. The highest BCUT2D eigenvalue weighted by Gasteiger charge is 2.27. The van der Waals surface area contributed by atoms with E-state index < -0.39 is 0 Å². The Hall–Kier alpha value is -2.53. The predicted octanol–water partition coefficient (Wildman–Crippen LogP) is 5.53. The number of carbonyl (C=O) groups excluding carboxylic acids is 1. The molecule has 30 heavy (non-hydrogen) atoms. The molecule has 3 rings (SSSR count). The molecule has 0 aromatic heterocycles. The van der Waals surface area contributed by atoms with Gasteiger partial charge in [-0.1, -0.05) is 66.7 Å². The zero-order valence-corrected chi connectivity index (χ0v) is 19.4. The monoisotopic (exact) mass is 415 g/mol. The average molecular weight is 416 g/mol. The Labute approximate surface area is 181 Å². The van der Waals surface area contributed by atoms with Crippen LogP contribution in [0.2, 0.25) is 0 Å². The Kier molecular flexibility index (Phi) is 9.86. The standard InChI is InChI=1S/C21H25NO4.2C2H6/c1-12(2)17-7-18(20(25)8-19(17)24)21(26)22-9-15-5-4-14(13(3)11-23)6-16(15)10-22;2*1-2/h4-8,12-13,23-25H,9-11H2,1-3H3;2*1-2H3. The van der Waals surface area contributed by atoms with Gasteiger partial charge in [-0.3, -0.25) is 4.79 Å². The van der Waals surface area contributed by atoms with Gasteiger partial charge in [-0.25, -0.2) is 0 Å². The van der Waals surface area contributed by atoms with Crippen LogP contribution in [-0.4, -0.2) is 32.7 Å². The van der Waals surface area contributed by atoms with Crippen LogP contribution in [0.15, 0.2) is 30.3 Å². The summed E-state index contributed by atoms with van der Waals surface area (Å²) in [6.07, 6.45) is 0. The number of aliphatic hydroxyl groups excluding tert-OH is 1. The molecule has 2 aromatic carbocycles. The number of aromatic hydroxyl groups is 2. The molecule has 0 aliphatic carbocycles. The molecule has 5 heteroatoms. The van der Waals surface area contributed by atoms with Gasteiger partial charge in [0.25, 0.3) is 5.91 Å². The number of fused-ring (bicyclic) bond motifs is 1. The molecule has 3 N–H and O–H groups in total. The summed E-state index contributed by atoms with van der Waals surface area (Å²) in [5, 5.41) is 29.5. The van der Waals surface area contributed by atoms with E-state index in [0.29, 0.717) is 18.7 Å². The van der Waals surface area contributed by atoms with Crippen LogP contribution in [0.1, 0.15) is 92.9 Å². The Morgan fingerprint density at radius 3 is 2.10 bits per heavy atom. The van der Waals surface area contributed by atoms with Crippen LogP contribution in [0.4, 0.5) is 0 Å². The van der Waals surface area contributed by atoms with Crippen molar-refractivity contribution < 1.29 is 20.1 Å². The molecule has 0 spiro atoms. The second-order valence-corrected chi connectivity index (χ2v) is 7.36. The summed E-state index contributed by atoms with van der Waals surface area (Å²) < 4.78 is 0.